The minimum atomic E-state index is -1.09. The number of ether oxygens (including phenoxy) is 1. The number of nitrogen functional groups attached to an aromatic ring is 2. The van der Waals surface area contributed by atoms with E-state index in [1.807, 2.05) is 6.92 Å². The van der Waals surface area contributed by atoms with Gasteiger partial charge < -0.3 is 21.1 Å². The Morgan fingerprint density at radius 2 is 1.69 bits per heavy atom. The van der Waals surface area contributed by atoms with Gasteiger partial charge in [0.15, 0.2) is 11.6 Å². The van der Waals surface area contributed by atoms with Crippen LogP contribution in [0.4, 0.5) is 36.1 Å². The van der Waals surface area contributed by atoms with Gasteiger partial charge in [-0.15, -0.1) is 0 Å². The highest BCUT2D eigenvalue weighted by atomic mass is 19.1. The molecular formula is C30H29F3N6O3. The molecule has 9 nitrogen and oxygen atoms in total. The van der Waals surface area contributed by atoms with Crippen molar-refractivity contribution in [3.8, 4) is 11.4 Å². The lowest BCUT2D eigenvalue weighted by atomic mass is 10.1. The van der Waals surface area contributed by atoms with E-state index in [-0.39, 0.29) is 36.0 Å². The molecule has 0 amide bonds. The summed E-state index contributed by atoms with van der Waals surface area (Å²) in [5.74, 6) is -3.31. The number of likely N-dealkylation sites (N-methyl/N-ethyl adjacent to an activating group) is 1. The smallest absolute Gasteiger partial charge is 0.337 e. The molecule has 0 fully saturated rings. The van der Waals surface area contributed by atoms with Gasteiger partial charge in [0.25, 0.3) is 5.56 Å². The highest BCUT2D eigenvalue weighted by Gasteiger charge is 2.28. The summed E-state index contributed by atoms with van der Waals surface area (Å²) in [4.78, 5) is 34.3. The van der Waals surface area contributed by atoms with E-state index in [1.165, 1.54) is 24.3 Å². The molecule has 4 N–H and O–H groups in total. The standard InChI is InChI=1S/C30H29F3N6O3/c1-3-4-13-42-25-10-6-9-23(27(25)33)39-29(40)26(22-16-37(2)24-14-17(34)11-12-21(24)36-22)28(35)38(30(39)41)15-18-19(31)7-5-8-20(18)32/h5-12,14H,3-4,13,15-16,34-35H2,1-2H3. The first-order valence-corrected chi connectivity index (χ1v) is 13.3. The molecule has 42 heavy (non-hydrogen) atoms. The third kappa shape index (κ3) is 5.11. The topological polar surface area (TPSA) is 121 Å². The lowest BCUT2D eigenvalue weighted by molar-refractivity contribution is 0.294. The van der Waals surface area contributed by atoms with E-state index in [0.717, 1.165) is 23.1 Å². The van der Waals surface area contributed by atoms with E-state index < -0.39 is 46.5 Å². The number of rotatable bonds is 8. The number of aliphatic imine (C=N–C) groups is 1. The van der Waals surface area contributed by atoms with Crippen LogP contribution in [-0.2, 0) is 6.54 Å². The molecule has 0 aliphatic carbocycles. The van der Waals surface area contributed by atoms with Crippen LogP contribution in [0.5, 0.6) is 5.75 Å². The van der Waals surface area contributed by atoms with Crippen LogP contribution >= 0.6 is 0 Å². The molecule has 0 atom stereocenters. The summed E-state index contributed by atoms with van der Waals surface area (Å²) in [6, 6.07) is 12.3. The molecule has 0 bridgehead atoms. The first kappa shape index (κ1) is 28.5. The number of hydrogen-bond acceptors (Lipinski definition) is 7. The van der Waals surface area contributed by atoms with Crippen LogP contribution in [0.15, 0.2) is 69.2 Å². The van der Waals surface area contributed by atoms with E-state index in [2.05, 4.69) is 4.99 Å². The summed E-state index contributed by atoms with van der Waals surface area (Å²) in [6.07, 6.45) is 1.47. The zero-order valence-corrected chi connectivity index (χ0v) is 23.0. The molecule has 218 valence electrons. The molecule has 4 aromatic rings. The molecule has 0 saturated heterocycles. The number of aromatic nitrogens is 2. The zero-order chi connectivity index (χ0) is 30.1. The summed E-state index contributed by atoms with van der Waals surface area (Å²) in [5.41, 5.74) is 11.1. The summed E-state index contributed by atoms with van der Waals surface area (Å²) in [5, 5.41) is 0. The predicted octanol–water partition coefficient (Wildman–Crippen LogP) is 4.38. The van der Waals surface area contributed by atoms with Crippen LogP contribution in [0.1, 0.15) is 30.9 Å². The molecule has 5 rings (SSSR count). The van der Waals surface area contributed by atoms with E-state index in [1.54, 1.807) is 30.1 Å². The Hall–Kier alpha value is -5.00. The number of hydrogen-bond donors (Lipinski definition) is 2. The van der Waals surface area contributed by atoms with Gasteiger partial charge in [0.1, 0.15) is 23.0 Å². The van der Waals surface area contributed by atoms with Gasteiger partial charge in [0.2, 0.25) is 0 Å². The minimum Gasteiger partial charge on any atom is -0.490 e. The van der Waals surface area contributed by atoms with Crippen molar-refractivity contribution >= 4 is 28.6 Å². The van der Waals surface area contributed by atoms with Gasteiger partial charge in [0, 0.05) is 18.3 Å². The average Bonchev–Trinajstić information content (AvgIpc) is 2.95. The molecule has 3 aromatic carbocycles. The molecule has 12 heteroatoms. The molecular weight excluding hydrogens is 549 g/mol. The normalized spacial score (nSPS) is 12.7. The van der Waals surface area contributed by atoms with Gasteiger partial charge in [-0.25, -0.2) is 27.5 Å². The van der Waals surface area contributed by atoms with Crippen molar-refractivity contribution in [3.63, 3.8) is 0 Å². The van der Waals surface area contributed by atoms with E-state index in [9.17, 15) is 18.4 Å². The highest BCUT2D eigenvalue weighted by molar-refractivity contribution is 6.10. The maximum Gasteiger partial charge on any atom is 0.337 e. The van der Waals surface area contributed by atoms with Crippen molar-refractivity contribution in [1.29, 1.82) is 0 Å². The van der Waals surface area contributed by atoms with Crippen LogP contribution in [0, 0.1) is 17.5 Å². The van der Waals surface area contributed by atoms with E-state index in [4.69, 9.17) is 16.2 Å². The Kier molecular flexibility index (Phi) is 7.79. The maximum absolute atomic E-state index is 15.8. The van der Waals surface area contributed by atoms with E-state index in [0.29, 0.717) is 28.1 Å². The number of unbranched alkanes of at least 4 members (excludes halogenated alkanes) is 1. The van der Waals surface area contributed by atoms with Crippen molar-refractivity contribution in [1.82, 2.24) is 9.13 Å². The third-order valence-corrected chi connectivity index (χ3v) is 7.04. The largest absolute Gasteiger partial charge is 0.490 e. The Bertz CT molecular complexity index is 1810. The Morgan fingerprint density at radius 1 is 0.976 bits per heavy atom. The van der Waals surface area contributed by atoms with Crippen LogP contribution in [0.25, 0.3) is 5.69 Å². The van der Waals surface area contributed by atoms with Crippen molar-refractivity contribution in [2.45, 2.75) is 26.3 Å². The quantitative estimate of drug-likeness (QED) is 0.237. The van der Waals surface area contributed by atoms with Crippen molar-refractivity contribution < 1.29 is 17.9 Å². The van der Waals surface area contributed by atoms with Gasteiger partial charge in [-0.1, -0.05) is 25.5 Å². The number of fused-ring (bicyclic) bond motifs is 1. The molecule has 0 unspecified atom stereocenters. The van der Waals surface area contributed by atoms with Crippen LogP contribution < -0.4 is 32.4 Å². The van der Waals surface area contributed by atoms with Gasteiger partial charge in [-0.3, -0.25) is 9.36 Å². The molecule has 0 spiro atoms. The molecule has 0 radical (unpaired) electrons. The number of nitrogens with two attached hydrogens (primary N) is 2. The lowest BCUT2D eigenvalue weighted by Crippen LogP contribution is -2.45. The second-order valence-electron chi connectivity index (χ2n) is 9.92. The fraction of sp³-hybridized carbons (Fsp3) is 0.233. The highest BCUT2D eigenvalue weighted by Crippen LogP contribution is 2.34. The number of halogens is 3. The Labute approximate surface area is 239 Å². The van der Waals surface area contributed by atoms with Gasteiger partial charge >= 0.3 is 5.69 Å². The average molecular weight is 579 g/mol. The van der Waals surface area contributed by atoms with Crippen molar-refractivity contribution in [2.24, 2.45) is 4.99 Å². The summed E-state index contributed by atoms with van der Waals surface area (Å²) in [6.45, 7) is 1.58. The fourth-order valence-corrected chi connectivity index (χ4v) is 4.82. The van der Waals surface area contributed by atoms with Crippen LogP contribution in [-0.4, -0.2) is 35.0 Å². The summed E-state index contributed by atoms with van der Waals surface area (Å²) < 4.78 is 52.1. The molecule has 0 saturated carbocycles. The van der Waals surface area contributed by atoms with Gasteiger partial charge in [-0.2, -0.15) is 0 Å². The summed E-state index contributed by atoms with van der Waals surface area (Å²) >= 11 is 0. The predicted molar refractivity (Wildman–Crippen MR) is 157 cm³/mol. The number of anilines is 3. The fourth-order valence-electron chi connectivity index (χ4n) is 4.82. The second-order valence-corrected chi connectivity index (χ2v) is 9.92. The first-order chi connectivity index (χ1) is 20.1. The van der Waals surface area contributed by atoms with Crippen molar-refractivity contribution in [2.75, 3.05) is 36.6 Å². The van der Waals surface area contributed by atoms with Crippen LogP contribution in [0.2, 0.25) is 0 Å². The maximum atomic E-state index is 15.8. The molecule has 1 aromatic heterocycles. The summed E-state index contributed by atoms with van der Waals surface area (Å²) in [7, 11) is 1.75. The molecule has 1 aliphatic heterocycles. The van der Waals surface area contributed by atoms with Gasteiger partial charge in [-0.05, 0) is 48.9 Å². The van der Waals surface area contributed by atoms with E-state index >= 15 is 4.39 Å². The second kappa shape index (κ2) is 11.5. The first-order valence-electron chi connectivity index (χ1n) is 13.3. The monoisotopic (exact) mass is 578 g/mol. The molecule has 1 aliphatic rings. The van der Waals surface area contributed by atoms with Crippen LogP contribution in [0.3, 0.4) is 0 Å². The minimum absolute atomic E-state index is 0.0742. The Balaban J connectivity index is 1.78. The Morgan fingerprint density at radius 3 is 2.40 bits per heavy atom. The zero-order valence-electron chi connectivity index (χ0n) is 23.0. The SMILES string of the molecule is CCCCOc1cccc(-n2c(=O)c(C3=Nc4ccc(N)cc4N(C)C3)c(N)n(Cc3c(F)cccc3F)c2=O)c1F. The van der Waals surface area contributed by atoms with Crippen molar-refractivity contribution in [3.05, 3.63) is 104 Å². The lowest BCUT2D eigenvalue weighted by Gasteiger charge is -2.28. The third-order valence-electron chi connectivity index (χ3n) is 7.04. The molecule has 2 heterocycles. The number of nitrogens with zero attached hydrogens (tertiary/aromatic N) is 4. The number of benzene rings is 3. The van der Waals surface area contributed by atoms with Gasteiger partial charge in [0.05, 0.1) is 42.5 Å².